The molecule has 0 unspecified atom stereocenters. The summed E-state index contributed by atoms with van der Waals surface area (Å²) in [4.78, 5) is 27.8. The molecule has 0 saturated carbocycles. The van der Waals surface area contributed by atoms with Gasteiger partial charge in [0.05, 0.1) is 18.6 Å². The third kappa shape index (κ3) is 3.56. The van der Waals surface area contributed by atoms with E-state index < -0.39 is 6.09 Å². The van der Waals surface area contributed by atoms with Crippen molar-refractivity contribution in [3.8, 4) is 5.75 Å². The molecule has 25 heavy (non-hydrogen) atoms. The monoisotopic (exact) mass is 344 g/mol. The molecule has 1 aromatic carbocycles. The van der Waals surface area contributed by atoms with Crippen LogP contribution in [0.25, 0.3) is 10.9 Å². The summed E-state index contributed by atoms with van der Waals surface area (Å²) < 4.78 is 12.6. The van der Waals surface area contributed by atoms with Crippen molar-refractivity contribution in [3.05, 3.63) is 36.0 Å². The van der Waals surface area contributed by atoms with Crippen molar-refractivity contribution in [2.24, 2.45) is 7.05 Å². The molecule has 2 amide bonds. The number of aryl methyl sites for hydroxylation is 1. The molecule has 7 nitrogen and oxygen atoms in total. The van der Waals surface area contributed by atoms with Crippen LogP contribution in [0, 0.1) is 0 Å². The smallest absolute Gasteiger partial charge is 0.409 e. The second-order valence-corrected chi connectivity index (χ2v) is 6.20. The van der Waals surface area contributed by atoms with Crippen molar-refractivity contribution in [1.82, 2.24) is 9.80 Å². The number of hydrogen-bond acceptors (Lipinski definition) is 4. The van der Waals surface area contributed by atoms with E-state index in [0.29, 0.717) is 37.6 Å². The first-order valence-corrected chi connectivity index (χ1v) is 8.16. The normalized spacial score (nSPS) is 14.4. The van der Waals surface area contributed by atoms with Gasteiger partial charge in [0.1, 0.15) is 18.4 Å². The zero-order valence-electron chi connectivity index (χ0n) is 14.7. The van der Waals surface area contributed by atoms with Crippen LogP contribution in [0.5, 0.6) is 5.75 Å². The number of fused-ring (bicyclic) bond motifs is 1. The van der Waals surface area contributed by atoms with E-state index in [1.165, 1.54) is 4.90 Å². The van der Waals surface area contributed by atoms with Gasteiger partial charge in [0, 0.05) is 33.3 Å². The molecule has 2 aromatic rings. The first kappa shape index (κ1) is 17.2. The van der Waals surface area contributed by atoms with Crippen LogP contribution >= 0.6 is 0 Å². The van der Waals surface area contributed by atoms with Crippen molar-refractivity contribution in [1.29, 1.82) is 0 Å². The molecule has 7 heteroatoms. The number of rotatable bonds is 2. The van der Waals surface area contributed by atoms with E-state index in [1.54, 1.807) is 37.3 Å². The van der Waals surface area contributed by atoms with E-state index in [2.05, 4.69) is 0 Å². The van der Waals surface area contributed by atoms with Crippen LogP contribution in [-0.2, 0) is 11.8 Å². The molecular formula is C18H22N3O4+. The lowest BCUT2D eigenvalue weighted by molar-refractivity contribution is -0.645. The summed E-state index contributed by atoms with van der Waals surface area (Å²) in [5.74, 6) is 0.387. The number of hydrogen-bond donors (Lipinski definition) is 0. The van der Waals surface area contributed by atoms with Gasteiger partial charge in [-0.25, -0.2) is 9.36 Å². The molecule has 1 saturated heterocycles. The third-order valence-corrected chi connectivity index (χ3v) is 4.16. The Hall–Kier alpha value is -2.67. The summed E-state index contributed by atoms with van der Waals surface area (Å²) in [5, 5.41) is 0.722. The minimum absolute atomic E-state index is 0.0467. The van der Waals surface area contributed by atoms with Crippen LogP contribution in [0.1, 0.15) is 10.4 Å². The van der Waals surface area contributed by atoms with Gasteiger partial charge < -0.3 is 19.3 Å². The number of nitrogens with zero attached hydrogens (tertiary/aromatic N) is 3. The number of carbonyl (C=O) groups excluding carboxylic acids is 2. The highest BCUT2D eigenvalue weighted by atomic mass is 16.6. The summed E-state index contributed by atoms with van der Waals surface area (Å²) in [5.41, 5.74) is 1.44. The number of carbonyl (C=O) groups is 2. The first-order chi connectivity index (χ1) is 12.0. The molecule has 132 valence electrons. The first-order valence-electron chi connectivity index (χ1n) is 8.16. The van der Waals surface area contributed by atoms with E-state index in [9.17, 15) is 9.59 Å². The molecule has 1 aromatic heterocycles. The Balaban J connectivity index is 2.01. The molecule has 0 N–H and O–H groups in total. The number of amides is 2. The molecule has 1 aliphatic heterocycles. The standard InChI is InChI=1S/C18H22N3O4/c1-19(2)18(23)25-16-6-4-5-15-14(16)11-13(12-20(15)3)17(22)21-7-9-24-10-8-21/h4-6,11-12H,7-10H2,1-3H3/q+1. The molecule has 1 aliphatic rings. The SMILES string of the molecule is CN(C)C(=O)Oc1cccc2c1cc(C(=O)N1CCOCC1)c[n+]2C. The number of ether oxygens (including phenoxy) is 2. The largest absolute Gasteiger partial charge is 0.414 e. The van der Waals surface area contributed by atoms with Gasteiger partial charge in [-0.2, -0.15) is 0 Å². The molecule has 0 atom stereocenters. The Labute approximate surface area is 146 Å². The third-order valence-electron chi connectivity index (χ3n) is 4.16. The van der Waals surface area contributed by atoms with Crippen LogP contribution in [0.2, 0.25) is 0 Å². The summed E-state index contributed by atoms with van der Waals surface area (Å²) in [6.07, 6.45) is 1.34. The molecule has 0 aliphatic carbocycles. The number of morpholine rings is 1. The van der Waals surface area contributed by atoms with Crippen LogP contribution in [-0.4, -0.2) is 62.2 Å². The van der Waals surface area contributed by atoms with Gasteiger partial charge in [-0.05, 0) is 12.1 Å². The Morgan fingerprint density at radius 1 is 1.24 bits per heavy atom. The Morgan fingerprint density at radius 2 is 1.96 bits per heavy atom. The van der Waals surface area contributed by atoms with Crippen LogP contribution in [0.4, 0.5) is 4.79 Å². The average molecular weight is 344 g/mol. The van der Waals surface area contributed by atoms with Crippen molar-refractivity contribution < 1.29 is 23.6 Å². The highest BCUT2D eigenvalue weighted by Crippen LogP contribution is 2.25. The molecule has 0 bridgehead atoms. The maximum absolute atomic E-state index is 12.8. The fourth-order valence-electron chi connectivity index (χ4n) is 2.80. The maximum atomic E-state index is 12.8. The highest BCUT2D eigenvalue weighted by Gasteiger charge is 2.23. The predicted octanol–water partition coefficient (Wildman–Crippen LogP) is 1.20. The zero-order valence-corrected chi connectivity index (χ0v) is 14.7. The lowest BCUT2D eigenvalue weighted by atomic mass is 10.1. The van der Waals surface area contributed by atoms with Gasteiger partial charge in [-0.3, -0.25) is 4.79 Å². The highest BCUT2D eigenvalue weighted by molar-refractivity contribution is 5.98. The Kier molecular flexibility index (Phi) is 4.85. The quantitative estimate of drug-likeness (QED) is 0.768. The van der Waals surface area contributed by atoms with Crippen molar-refractivity contribution in [2.75, 3.05) is 40.4 Å². The minimum Gasteiger partial charge on any atom is -0.409 e. The van der Waals surface area contributed by atoms with Gasteiger partial charge in [0.2, 0.25) is 5.52 Å². The fraction of sp³-hybridized carbons (Fsp3) is 0.389. The van der Waals surface area contributed by atoms with E-state index in [4.69, 9.17) is 9.47 Å². The zero-order chi connectivity index (χ0) is 18.0. The Bertz CT molecular complexity index is 813. The molecule has 1 fully saturated rings. The topological polar surface area (TPSA) is 63.0 Å². The van der Waals surface area contributed by atoms with Gasteiger partial charge in [-0.15, -0.1) is 0 Å². The number of aromatic nitrogens is 1. The van der Waals surface area contributed by atoms with Crippen molar-refractivity contribution in [2.45, 2.75) is 0 Å². The molecular weight excluding hydrogens is 322 g/mol. The fourth-order valence-corrected chi connectivity index (χ4v) is 2.80. The van der Waals surface area contributed by atoms with Gasteiger partial charge in [0.25, 0.3) is 5.91 Å². The Morgan fingerprint density at radius 3 is 2.64 bits per heavy atom. The van der Waals surface area contributed by atoms with Gasteiger partial charge in [0.15, 0.2) is 6.20 Å². The summed E-state index contributed by atoms with van der Waals surface area (Å²) >= 11 is 0. The number of pyridine rings is 1. The van der Waals surface area contributed by atoms with Crippen LogP contribution in [0.3, 0.4) is 0 Å². The average Bonchev–Trinajstić information content (AvgIpc) is 2.62. The van der Waals surface area contributed by atoms with Gasteiger partial charge in [-0.1, -0.05) is 6.07 Å². The molecule has 0 radical (unpaired) electrons. The summed E-state index contributed by atoms with van der Waals surface area (Å²) in [6, 6.07) is 7.26. The van der Waals surface area contributed by atoms with E-state index in [0.717, 1.165) is 10.9 Å². The lowest BCUT2D eigenvalue weighted by Gasteiger charge is -2.26. The molecule has 2 heterocycles. The van der Waals surface area contributed by atoms with E-state index in [-0.39, 0.29) is 5.91 Å². The lowest BCUT2D eigenvalue weighted by Crippen LogP contribution is -2.42. The molecule has 0 spiro atoms. The van der Waals surface area contributed by atoms with Crippen molar-refractivity contribution >= 4 is 22.9 Å². The van der Waals surface area contributed by atoms with E-state index in [1.807, 2.05) is 23.7 Å². The van der Waals surface area contributed by atoms with E-state index >= 15 is 0 Å². The van der Waals surface area contributed by atoms with Crippen LogP contribution in [0.15, 0.2) is 30.5 Å². The summed E-state index contributed by atoms with van der Waals surface area (Å²) in [7, 11) is 5.12. The van der Waals surface area contributed by atoms with Gasteiger partial charge >= 0.3 is 6.09 Å². The van der Waals surface area contributed by atoms with Crippen LogP contribution < -0.4 is 9.30 Å². The minimum atomic E-state index is -0.458. The number of benzene rings is 1. The second kappa shape index (κ2) is 7.06. The van der Waals surface area contributed by atoms with Crippen molar-refractivity contribution in [3.63, 3.8) is 0 Å². The predicted molar refractivity (Wildman–Crippen MR) is 91.6 cm³/mol. The molecule has 3 rings (SSSR count). The maximum Gasteiger partial charge on any atom is 0.414 e. The second-order valence-electron chi connectivity index (χ2n) is 6.20. The summed E-state index contributed by atoms with van der Waals surface area (Å²) in [6.45, 7) is 2.27.